The Kier molecular flexibility index (Phi) is 9.15. The summed E-state index contributed by atoms with van der Waals surface area (Å²) in [5, 5.41) is 17.0. The predicted octanol–water partition coefficient (Wildman–Crippen LogP) is 2.18. The zero-order valence-electron chi connectivity index (χ0n) is 17.9. The van der Waals surface area contributed by atoms with Crippen molar-refractivity contribution in [3.05, 3.63) is 71.3 Å². The van der Waals surface area contributed by atoms with Crippen molar-refractivity contribution in [2.24, 2.45) is 4.99 Å². The normalized spacial score (nSPS) is 15.5. The summed E-state index contributed by atoms with van der Waals surface area (Å²) in [5.74, 6) is 0.712. The van der Waals surface area contributed by atoms with E-state index in [4.69, 9.17) is 4.74 Å². The quantitative estimate of drug-likeness (QED) is 0.318. The fourth-order valence-corrected chi connectivity index (χ4v) is 3.61. The lowest BCUT2D eigenvalue weighted by Crippen LogP contribution is -2.41. The van der Waals surface area contributed by atoms with E-state index in [-0.39, 0.29) is 0 Å². The number of aliphatic hydroxyl groups is 1. The van der Waals surface area contributed by atoms with Crippen LogP contribution in [0, 0.1) is 0 Å². The molecule has 1 aliphatic rings. The fourth-order valence-electron chi connectivity index (χ4n) is 3.61. The molecular weight excluding hydrogens is 376 g/mol. The number of guanidine groups is 1. The summed E-state index contributed by atoms with van der Waals surface area (Å²) in [4.78, 5) is 6.85. The summed E-state index contributed by atoms with van der Waals surface area (Å²) in [6.45, 7) is 7.56. The number of hydrogen-bond donors (Lipinski definition) is 3. The molecule has 1 atom stereocenters. The van der Waals surface area contributed by atoms with Gasteiger partial charge in [-0.25, -0.2) is 0 Å². The van der Waals surface area contributed by atoms with E-state index in [0.29, 0.717) is 38.8 Å². The number of β-amino-alcohol motifs (C(OH)–C–C–N with tert-alkyl or cyclic N) is 1. The molecule has 0 spiro atoms. The summed E-state index contributed by atoms with van der Waals surface area (Å²) >= 11 is 0. The van der Waals surface area contributed by atoms with E-state index in [1.54, 1.807) is 0 Å². The van der Waals surface area contributed by atoms with Gasteiger partial charge >= 0.3 is 0 Å². The molecule has 0 aromatic heterocycles. The van der Waals surface area contributed by atoms with E-state index in [0.717, 1.165) is 26.1 Å². The lowest BCUT2D eigenvalue weighted by Gasteiger charge is -2.30. The first-order valence-electron chi connectivity index (χ1n) is 10.9. The zero-order valence-corrected chi connectivity index (χ0v) is 17.9. The second-order valence-corrected chi connectivity index (χ2v) is 7.59. The van der Waals surface area contributed by atoms with Gasteiger partial charge in [0.25, 0.3) is 0 Å². The second-order valence-electron chi connectivity index (χ2n) is 7.59. The molecule has 3 rings (SSSR count). The molecule has 0 amide bonds. The Labute approximate surface area is 180 Å². The topological polar surface area (TPSA) is 69.1 Å². The molecule has 3 N–H and O–H groups in total. The third kappa shape index (κ3) is 7.44. The molecule has 0 saturated carbocycles. The molecule has 1 heterocycles. The van der Waals surface area contributed by atoms with Crippen LogP contribution in [0.5, 0.6) is 0 Å². The fraction of sp³-hybridized carbons (Fsp3) is 0.458. The van der Waals surface area contributed by atoms with Crippen LogP contribution >= 0.6 is 0 Å². The van der Waals surface area contributed by atoms with E-state index in [1.165, 1.54) is 16.7 Å². The van der Waals surface area contributed by atoms with E-state index >= 15 is 0 Å². The molecule has 1 unspecified atom stereocenters. The number of hydrogen-bond acceptors (Lipinski definition) is 4. The number of nitrogens with one attached hydrogen (secondary N) is 2. The zero-order chi connectivity index (χ0) is 21.0. The van der Waals surface area contributed by atoms with Gasteiger partial charge in [-0.15, -0.1) is 0 Å². The average molecular weight is 411 g/mol. The number of fused-ring (bicyclic) bond motifs is 1. The van der Waals surface area contributed by atoms with Gasteiger partial charge in [-0.3, -0.25) is 9.89 Å². The largest absolute Gasteiger partial charge is 0.390 e. The van der Waals surface area contributed by atoms with Gasteiger partial charge in [0.05, 0.1) is 25.9 Å². The summed E-state index contributed by atoms with van der Waals surface area (Å²) in [6, 6.07) is 18.7. The van der Waals surface area contributed by atoms with Crippen LogP contribution in [0.1, 0.15) is 23.6 Å². The van der Waals surface area contributed by atoms with Gasteiger partial charge in [0.1, 0.15) is 0 Å². The molecule has 6 heteroatoms. The summed E-state index contributed by atoms with van der Waals surface area (Å²) < 4.78 is 5.70. The highest BCUT2D eigenvalue weighted by atomic mass is 16.5. The van der Waals surface area contributed by atoms with Crippen molar-refractivity contribution in [1.82, 2.24) is 15.5 Å². The summed E-state index contributed by atoms with van der Waals surface area (Å²) in [7, 11) is 0. The van der Waals surface area contributed by atoms with Gasteiger partial charge in [-0.05, 0) is 30.0 Å². The van der Waals surface area contributed by atoms with Gasteiger partial charge in [0, 0.05) is 32.7 Å². The monoisotopic (exact) mass is 410 g/mol. The average Bonchev–Trinajstić information content (AvgIpc) is 2.78. The van der Waals surface area contributed by atoms with Gasteiger partial charge in [0.2, 0.25) is 0 Å². The maximum absolute atomic E-state index is 10.5. The highest BCUT2D eigenvalue weighted by Gasteiger charge is 2.18. The van der Waals surface area contributed by atoms with Gasteiger partial charge in [-0.2, -0.15) is 0 Å². The lowest BCUT2D eigenvalue weighted by molar-refractivity contribution is 0.111. The minimum Gasteiger partial charge on any atom is -0.390 e. The van der Waals surface area contributed by atoms with Gasteiger partial charge in [0.15, 0.2) is 5.96 Å². The Balaban J connectivity index is 1.37. The molecule has 162 valence electrons. The third-order valence-corrected chi connectivity index (χ3v) is 5.13. The van der Waals surface area contributed by atoms with Crippen molar-refractivity contribution in [2.45, 2.75) is 32.6 Å². The van der Waals surface area contributed by atoms with Crippen molar-refractivity contribution in [3.8, 4) is 0 Å². The van der Waals surface area contributed by atoms with E-state index < -0.39 is 6.10 Å². The minimum absolute atomic E-state index is 0.373. The number of nitrogens with zero attached hydrogens (tertiary/aromatic N) is 2. The molecule has 0 bridgehead atoms. The number of ether oxygens (including phenoxy) is 1. The number of aliphatic hydroxyl groups excluding tert-OH is 1. The van der Waals surface area contributed by atoms with Crippen LogP contribution in [0.25, 0.3) is 0 Å². The number of rotatable bonds is 10. The summed E-state index contributed by atoms with van der Waals surface area (Å²) in [5.41, 5.74) is 3.96. The first kappa shape index (κ1) is 22.3. The van der Waals surface area contributed by atoms with Crippen molar-refractivity contribution < 1.29 is 9.84 Å². The molecular formula is C24H34N4O2. The minimum atomic E-state index is -0.486. The van der Waals surface area contributed by atoms with Crippen LogP contribution in [-0.2, 0) is 24.3 Å². The van der Waals surface area contributed by atoms with Crippen LogP contribution in [0.15, 0.2) is 59.6 Å². The number of benzene rings is 2. The molecule has 6 nitrogen and oxygen atoms in total. The Morgan fingerprint density at radius 2 is 1.87 bits per heavy atom. The molecule has 0 fully saturated rings. The van der Waals surface area contributed by atoms with Crippen LogP contribution in [-0.4, -0.2) is 61.4 Å². The number of aliphatic imine (C=N–C) groups is 1. The molecule has 1 aliphatic heterocycles. The van der Waals surface area contributed by atoms with Crippen molar-refractivity contribution in [1.29, 1.82) is 0 Å². The maximum Gasteiger partial charge on any atom is 0.191 e. The van der Waals surface area contributed by atoms with Crippen LogP contribution in [0.4, 0.5) is 0 Å². The Morgan fingerprint density at radius 3 is 2.67 bits per heavy atom. The summed E-state index contributed by atoms with van der Waals surface area (Å²) in [6.07, 6.45) is 0.555. The molecule has 2 aromatic rings. The van der Waals surface area contributed by atoms with Crippen LogP contribution in [0.2, 0.25) is 0 Å². The molecule has 0 aliphatic carbocycles. The highest BCUT2D eigenvalue weighted by molar-refractivity contribution is 5.79. The van der Waals surface area contributed by atoms with E-state index in [1.807, 2.05) is 25.1 Å². The smallest absolute Gasteiger partial charge is 0.191 e. The lowest BCUT2D eigenvalue weighted by atomic mass is 10.00. The van der Waals surface area contributed by atoms with Gasteiger partial charge in [-0.1, -0.05) is 54.6 Å². The second kappa shape index (κ2) is 12.3. The maximum atomic E-state index is 10.5. The van der Waals surface area contributed by atoms with Crippen molar-refractivity contribution >= 4 is 5.96 Å². The highest BCUT2D eigenvalue weighted by Crippen LogP contribution is 2.18. The first-order valence-corrected chi connectivity index (χ1v) is 10.9. The first-order chi connectivity index (χ1) is 14.7. The van der Waals surface area contributed by atoms with Gasteiger partial charge < -0.3 is 20.5 Å². The van der Waals surface area contributed by atoms with Crippen LogP contribution < -0.4 is 10.6 Å². The molecule has 0 radical (unpaired) electrons. The Bertz CT molecular complexity index is 782. The van der Waals surface area contributed by atoms with Crippen molar-refractivity contribution in [2.75, 3.05) is 39.3 Å². The molecule has 2 aromatic carbocycles. The SMILES string of the molecule is CCNC(=NCC(O)CN1CCc2ccccc2C1)NCCOCc1ccccc1. The van der Waals surface area contributed by atoms with E-state index in [9.17, 15) is 5.11 Å². The Morgan fingerprint density at radius 1 is 1.10 bits per heavy atom. The molecule has 0 saturated heterocycles. The Hall–Kier alpha value is -2.41. The third-order valence-electron chi connectivity index (χ3n) is 5.13. The predicted molar refractivity (Wildman–Crippen MR) is 122 cm³/mol. The van der Waals surface area contributed by atoms with Crippen LogP contribution in [0.3, 0.4) is 0 Å². The van der Waals surface area contributed by atoms with E-state index in [2.05, 4.69) is 56.9 Å². The standard InChI is InChI=1S/C24H34N4O2/c1-2-25-24(26-13-15-30-19-20-8-4-3-5-9-20)27-16-23(29)18-28-14-12-21-10-6-7-11-22(21)17-28/h3-11,23,29H,2,12-19H2,1H3,(H2,25,26,27). The van der Waals surface area contributed by atoms with Crippen molar-refractivity contribution in [3.63, 3.8) is 0 Å². The molecule has 30 heavy (non-hydrogen) atoms.